The normalized spacial score (nSPS) is 12.5. The second kappa shape index (κ2) is 11.8. The summed E-state index contributed by atoms with van der Waals surface area (Å²) in [5.74, 6) is -0.872. The first kappa shape index (κ1) is 27.1. The number of nitrogens with one attached hydrogen (secondary N) is 1. The molecule has 0 saturated carbocycles. The van der Waals surface area contributed by atoms with Gasteiger partial charge in [-0.2, -0.15) is 4.31 Å². The minimum absolute atomic E-state index is 0.0363. The summed E-state index contributed by atoms with van der Waals surface area (Å²) in [6.45, 7) is 5.32. The topological polar surface area (TPSA) is 86.8 Å². The molecule has 2 amide bonds. The third-order valence-corrected chi connectivity index (χ3v) is 7.74. The van der Waals surface area contributed by atoms with Crippen molar-refractivity contribution < 1.29 is 18.0 Å². The molecule has 33 heavy (non-hydrogen) atoms. The molecule has 0 aromatic heterocycles. The van der Waals surface area contributed by atoms with Crippen LogP contribution in [0.2, 0.25) is 10.0 Å². The van der Waals surface area contributed by atoms with Crippen LogP contribution < -0.4 is 5.32 Å². The molecule has 0 bridgehead atoms. The smallest absolute Gasteiger partial charge is 0.243 e. The molecule has 1 atom stereocenters. The number of halogens is 2. The molecule has 10 heteroatoms. The predicted molar refractivity (Wildman–Crippen MR) is 131 cm³/mol. The molecule has 7 nitrogen and oxygen atoms in total. The fourth-order valence-corrected chi connectivity index (χ4v) is 4.96. The minimum Gasteiger partial charge on any atom is -0.355 e. The highest BCUT2D eigenvalue weighted by Gasteiger charge is 2.32. The standard InChI is InChI=1S/C23H29Cl2N3O4S/c1-5-21(23(30)26-6-2)28(14-18-19(24)8-7-9-20(18)25)22(29)15-27(4)33(31,32)17-12-10-16(3)11-13-17/h7-13,21H,5-6,14-15H2,1-4H3,(H,26,30)/t21-/m1/s1. The van der Waals surface area contributed by atoms with Crippen LogP contribution in [0.5, 0.6) is 0 Å². The Bertz CT molecular complexity index is 1070. The maximum absolute atomic E-state index is 13.4. The molecule has 0 saturated heterocycles. The van der Waals surface area contributed by atoms with Gasteiger partial charge in [-0.3, -0.25) is 9.59 Å². The number of likely N-dealkylation sites (N-methyl/N-ethyl adjacent to an activating group) is 2. The molecule has 2 rings (SSSR count). The number of aryl methyl sites for hydroxylation is 1. The van der Waals surface area contributed by atoms with E-state index in [4.69, 9.17) is 23.2 Å². The molecule has 2 aromatic carbocycles. The van der Waals surface area contributed by atoms with Gasteiger partial charge in [0.25, 0.3) is 0 Å². The Morgan fingerprint density at radius 2 is 1.61 bits per heavy atom. The average Bonchev–Trinajstić information content (AvgIpc) is 2.76. The fraction of sp³-hybridized carbons (Fsp3) is 0.391. The SMILES string of the molecule is CCNC(=O)[C@@H](CC)N(Cc1c(Cl)cccc1Cl)C(=O)CN(C)S(=O)(=O)c1ccc(C)cc1. The van der Waals surface area contributed by atoms with E-state index in [2.05, 4.69) is 5.32 Å². The Kier molecular flexibility index (Phi) is 9.72. The molecule has 0 aliphatic heterocycles. The lowest BCUT2D eigenvalue weighted by Crippen LogP contribution is -2.51. The molecule has 0 spiro atoms. The van der Waals surface area contributed by atoms with Crippen molar-refractivity contribution in [3.63, 3.8) is 0 Å². The van der Waals surface area contributed by atoms with Gasteiger partial charge in [0.1, 0.15) is 6.04 Å². The zero-order valence-corrected chi connectivity index (χ0v) is 21.5. The number of sulfonamides is 1. The van der Waals surface area contributed by atoms with E-state index >= 15 is 0 Å². The van der Waals surface area contributed by atoms with Crippen LogP contribution in [0.4, 0.5) is 0 Å². The zero-order chi connectivity index (χ0) is 24.8. The average molecular weight is 514 g/mol. The number of rotatable bonds is 10. The van der Waals surface area contributed by atoms with Gasteiger partial charge >= 0.3 is 0 Å². The Hall–Kier alpha value is -2.13. The molecule has 0 radical (unpaired) electrons. The quantitative estimate of drug-likeness (QED) is 0.522. The van der Waals surface area contributed by atoms with Crippen LogP contribution in [-0.2, 0) is 26.2 Å². The summed E-state index contributed by atoms with van der Waals surface area (Å²) in [5, 5.41) is 3.44. The van der Waals surface area contributed by atoms with Gasteiger partial charge in [0.2, 0.25) is 21.8 Å². The first-order valence-electron chi connectivity index (χ1n) is 10.6. The highest BCUT2D eigenvalue weighted by atomic mass is 35.5. The van der Waals surface area contributed by atoms with Crippen molar-refractivity contribution in [1.29, 1.82) is 0 Å². The van der Waals surface area contributed by atoms with Crippen LogP contribution in [0.15, 0.2) is 47.4 Å². The van der Waals surface area contributed by atoms with Crippen molar-refractivity contribution in [3.05, 3.63) is 63.6 Å². The molecule has 0 unspecified atom stereocenters. The lowest BCUT2D eigenvalue weighted by molar-refractivity contribution is -0.141. The van der Waals surface area contributed by atoms with Gasteiger partial charge in [0.05, 0.1) is 11.4 Å². The van der Waals surface area contributed by atoms with Gasteiger partial charge < -0.3 is 10.2 Å². The second-order valence-corrected chi connectivity index (χ2v) is 10.5. The van der Waals surface area contributed by atoms with E-state index in [1.165, 1.54) is 24.1 Å². The zero-order valence-electron chi connectivity index (χ0n) is 19.1. The van der Waals surface area contributed by atoms with Gasteiger partial charge in [0.15, 0.2) is 0 Å². The summed E-state index contributed by atoms with van der Waals surface area (Å²) in [7, 11) is -2.57. The Labute approximate surface area is 205 Å². The van der Waals surface area contributed by atoms with Gasteiger partial charge in [0, 0.05) is 35.7 Å². The molecule has 0 aliphatic rings. The number of carbonyl (C=O) groups is 2. The van der Waals surface area contributed by atoms with Gasteiger partial charge in [-0.1, -0.05) is 53.9 Å². The summed E-state index contributed by atoms with van der Waals surface area (Å²) in [4.78, 5) is 27.5. The number of hydrogen-bond donors (Lipinski definition) is 1. The maximum Gasteiger partial charge on any atom is 0.243 e. The van der Waals surface area contributed by atoms with Crippen LogP contribution >= 0.6 is 23.2 Å². The second-order valence-electron chi connectivity index (χ2n) is 7.61. The van der Waals surface area contributed by atoms with E-state index in [-0.39, 0.29) is 17.3 Å². The van der Waals surface area contributed by atoms with Crippen molar-refractivity contribution in [1.82, 2.24) is 14.5 Å². The van der Waals surface area contributed by atoms with Crippen LogP contribution in [0, 0.1) is 6.92 Å². The summed E-state index contributed by atoms with van der Waals surface area (Å²) >= 11 is 12.6. The monoisotopic (exact) mass is 513 g/mol. The maximum atomic E-state index is 13.4. The summed E-state index contributed by atoms with van der Waals surface area (Å²) < 4.78 is 26.9. The number of amides is 2. The fourth-order valence-electron chi connectivity index (χ4n) is 3.32. The molecule has 2 aromatic rings. The summed E-state index contributed by atoms with van der Waals surface area (Å²) in [6, 6.07) is 10.5. The molecule has 0 fully saturated rings. The minimum atomic E-state index is -3.90. The van der Waals surface area contributed by atoms with Crippen molar-refractivity contribution in [2.24, 2.45) is 0 Å². The van der Waals surface area contributed by atoms with Gasteiger partial charge in [-0.05, 0) is 44.5 Å². The van der Waals surface area contributed by atoms with Crippen molar-refractivity contribution in [2.45, 2.75) is 44.7 Å². The van der Waals surface area contributed by atoms with Crippen molar-refractivity contribution in [2.75, 3.05) is 20.1 Å². The number of benzene rings is 2. The predicted octanol–water partition coefficient (Wildman–Crippen LogP) is 3.87. The first-order valence-corrected chi connectivity index (χ1v) is 12.8. The molecular weight excluding hydrogens is 485 g/mol. The molecule has 0 heterocycles. The van der Waals surface area contributed by atoms with Crippen LogP contribution in [0.25, 0.3) is 0 Å². The van der Waals surface area contributed by atoms with Gasteiger partial charge in [-0.25, -0.2) is 8.42 Å². The first-order chi connectivity index (χ1) is 15.5. The van der Waals surface area contributed by atoms with E-state index in [1.54, 1.807) is 44.2 Å². The van der Waals surface area contributed by atoms with Crippen LogP contribution in [-0.4, -0.2) is 55.6 Å². The lowest BCUT2D eigenvalue weighted by atomic mass is 10.1. The van der Waals surface area contributed by atoms with E-state index < -0.39 is 28.5 Å². The summed E-state index contributed by atoms with van der Waals surface area (Å²) in [5.41, 5.74) is 1.41. The third kappa shape index (κ3) is 6.69. The number of nitrogens with zero attached hydrogens (tertiary/aromatic N) is 2. The Balaban J connectivity index is 2.37. The van der Waals surface area contributed by atoms with E-state index in [0.717, 1.165) is 9.87 Å². The molecule has 1 N–H and O–H groups in total. The van der Waals surface area contributed by atoms with Crippen molar-refractivity contribution in [3.8, 4) is 0 Å². The highest BCUT2D eigenvalue weighted by Crippen LogP contribution is 2.27. The third-order valence-electron chi connectivity index (χ3n) is 5.21. The van der Waals surface area contributed by atoms with Crippen LogP contribution in [0.3, 0.4) is 0 Å². The number of hydrogen-bond acceptors (Lipinski definition) is 4. The lowest BCUT2D eigenvalue weighted by Gasteiger charge is -2.32. The van der Waals surface area contributed by atoms with E-state index in [9.17, 15) is 18.0 Å². The molecule has 180 valence electrons. The largest absolute Gasteiger partial charge is 0.355 e. The number of carbonyl (C=O) groups excluding carboxylic acids is 2. The Morgan fingerprint density at radius 3 is 2.12 bits per heavy atom. The highest BCUT2D eigenvalue weighted by molar-refractivity contribution is 7.89. The van der Waals surface area contributed by atoms with E-state index in [0.29, 0.717) is 28.6 Å². The molecular formula is C23H29Cl2N3O4S. The summed E-state index contributed by atoms with van der Waals surface area (Å²) in [6.07, 6.45) is 0.327. The Morgan fingerprint density at radius 1 is 1.03 bits per heavy atom. The van der Waals surface area contributed by atoms with E-state index in [1.807, 2.05) is 6.92 Å². The molecule has 0 aliphatic carbocycles. The van der Waals surface area contributed by atoms with Crippen LogP contribution in [0.1, 0.15) is 31.4 Å². The van der Waals surface area contributed by atoms with Gasteiger partial charge in [-0.15, -0.1) is 0 Å². The van der Waals surface area contributed by atoms with Crippen molar-refractivity contribution >= 4 is 45.0 Å².